The fourth-order valence-electron chi connectivity index (χ4n) is 3.36. The summed E-state index contributed by atoms with van der Waals surface area (Å²) in [5.41, 5.74) is -0.430. The van der Waals surface area contributed by atoms with Gasteiger partial charge in [0.25, 0.3) is 0 Å². The molecule has 178 valence electrons. The van der Waals surface area contributed by atoms with Gasteiger partial charge in [0.1, 0.15) is 0 Å². The highest BCUT2D eigenvalue weighted by Gasteiger charge is 2.35. The summed E-state index contributed by atoms with van der Waals surface area (Å²) in [6.45, 7) is 6.10. The second-order valence-corrected chi connectivity index (χ2v) is 7.74. The van der Waals surface area contributed by atoms with Crippen LogP contribution in [-0.2, 0) is 12.4 Å². The van der Waals surface area contributed by atoms with Crippen LogP contribution in [0.5, 0.6) is 0 Å². The van der Waals surface area contributed by atoms with Crippen LogP contribution in [0.2, 0.25) is 0 Å². The molecule has 0 bridgehead atoms. The number of para-hydroxylation sites is 2. The molecule has 3 aromatic rings. The molecular weight excluding hydrogens is 456 g/mol. The average Bonchev–Trinajstić information content (AvgIpc) is 2.75. The summed E-state index contributed by atoms with van der Waals surface area (Å²) in [5, 5.41) is 0. The topological polar surface area (TPSA) is 37.6 Å². The second kappa shape index (κ2) is 9.40. The number of aromatic nitrogens is 1. The predicted octanol–water partition coefficient (Wildman–Crippen LogP) is 8.02. The van der Waals surface area contributed by atoms with Crippen molar-refractivity contribution < 1.29 is 26.3 Å². The highest BCUT2D eigenvalue weighted by atomic mass is 19.4. The molecule has 0 radical (unpaired) electrons. The summed E-state index contributed by atoms with van der Waals surface area (Å²) >= 11 is 0. The molecule has 3 rings (SSSR count). The van der Waals surface area contributed by atoms with Gasteiger partial charge in [0, 0.05) is 0 Å². The van der Waals surface area contributed by atoms with E-state index in [9.17, 15) is 26.3 Å². The van der Waals surface area contributed by atoms with Crippen LogP contribution in [0.15, 0.2) is 64.6 Å². The molecule has 2 aromatic carbocycles. The molecule has 9 heteroatoms. The third-order valence-electron chi connectivity index (χ3n) is 5.14. The van der Waals surface area contributed by atoms with Crippen molar-refractivity contribution in [3.63, 3.8) is 0 Å². The molecule has 0 amide bonds. The van der Waals surface area contributed by atoms with E-state index < -0.39 is 23.5 Å². The van der Waals surface area contributed by atoms with E-state index in [4.69, 9.17) is 0 Å². The third kappa shape index (κ3) is 5.52. The highest BCUT2D eigenvalue weighted by Crippen LogP contribution is 2.39. The van der Waals surface area contributed by atoms with Crippen LogP contribution in [0, 0.1) is 13.8 Å². The molecular formula is C25H21F6N3. The molecule has 0 aliphatic rings. The molecule has 0 fully saturated rings. The first-order valence-electron chi connectivity index (χ1n) is 10.2. The monoisotopic (exact) mass is 477 g/mol. The molecule has 0 spiro atoms. The van der Waals surface area contributed by atoms with Gasteiger partial charge in [-0.3, -0.25) is 9.98 Å². The van der Waals surface area contributed by atoms with E-state index in [-0.39, 0.29) is 34.2 Å². The van der Waals surface area contributed by atoms with Crippen LogP contribution in [-0.4, -0.2) is 16.4 Å². The second-order valence-electron chi connectivity index (χ2n) is 7.74. The van der Waals surface area contributed by atoms with Crippen LogP contribution in [0.3, 0.4) is 0 Å². The number of aliphatic imine (C=N–C) groups is 2. The third-order valence-corrected chi connectivity index (χ3v) is 5.14. The Hall–Kier alpha value is -3.49. The standard InChI is InChI=1S/C25H21F6N3/c1-14-8-5-10-18(24(26,27)28)22(14)32-16(3)20-12-7-13-21(34-20)17(4)33-23-15(2)9-6-11-19(23)25(29,30)31/h5-13H,1-4H3/b32-16+,33-17+. The number of benzene rings is 2. The number of hydrogen-bond donors (Lipinski definition) is 0. The normalized spacial score (nSPS) is 13.4. The number of aryl methyl sites for hydroxylation is 2. The van der Waals surface area contributed by atoms with Gasteiger partial charge in [-0.15, -0.1) is 0 Å². The lowest BCUT2D eigenvalue weighted by molar-refractivity contribution is -0.137. The number of pyridine rings is 1. The van der Waals surface area contributed by atoms with Crippen molar-refractivity contribution in [2.75, 3.05) is 0 Å². The van der Waals surface area contributed by atoms with Crippen molar-refractivity contribution in [3.8, 4) is 0 Å². The molecule has 0 aliphatic carbocycles. The Balaban J connectivity index is 2.05. The maximum Gasteiger partial charge on any atom is 0.418 e. The van der Waals surface area contributed by atoms with Crippen molar-refractivity contribution in [1.82, 2.24) is 4.98 Å². The minimum absolute atomic E-state index is 0.208. The van der Waals surface area contributed by atoms with Crippen molar-refractivity contribution in [2.24, 2.45) is 9.98 Å². The largest absolute Gasteiger partial charge is 0.418 e. The smallest absolute Gasteiger partial charge is 0.251 e. The summed E-state index contributed by atoms with van der Waals surface area (Å²) in [4.78, 5) is 12.8. The Morgan fingerprint density at radius 2 is 0.971 bits per heavy atom. The fourth-order valence-corrected chi connectivity index (χ4v) is 3.36. The fraction of sp³-hybridized carbons (Fsp3) is 0.240. The first-order chi connectivity index (χ1) is 15.8. The Morgan fingerprint density at radius 1 is 0.618 bits per heavy atom. The van der Waals surface area contributed by atoms with Gasteiger partial charge < -0.3 is 0 Å². The predicted molar refractivity (Wildman–Crippen MR) is 120 cm³/mol. The summed E-state index contributed by atoms with van der Waals surface area (Å²) in [5.74, 6) is 0. The SMILES string of the molecule is C/C(=N\c1c(C)cccc1C(F)(F)F)c1cccc(/C(C)=N/c2c(C)cccc2C(F)(F)F)n1. The molecule has 0 atom stereocenters. The Morgan fingerprint density at radius 3 is 1.32 bits per heavy atom. The first kappa shape index (κ1) is 25.1. The van der Waals surface area contributed by atoms with Crippen molar-refractivity contribution in [1.29, 1.82) is 0 Å². The molecule has 0 saturated heterocycles. The number of rotatable bonds is 4. The summed E-state index contributed by atoms with van der Waals surface area (Å²) < 4.78 is 80.6. The number of halogens is 6. The van der Waals surface area contributed by atoms with E-state index in [1.54, 1.807) is 18.2 Å². The van der Waals surface area contributed by atoms with Gasteiger partial charge in [-0.05, 0) is 63.1 Å². The molecule has 0 aliphatic heterocycles. The van der Waals surface area contributed by atoms with Crippen molar-refractivity contribution in [2.45, 2.75) is 40.0 Å². The molecule has 0 unspecified atom stereocenters. The molecule has 1 aromatic heterocycles. The van der Waals surface area contributed by atoms with E-state index in [1.807, 2.05) is 0 Å². The van der Waals surface area contributed by atoms with E-state index in [0.717, 1.165) is 12.1 Å². The van der Waals surface area contributed by atoms with Crippen LogP contribution < -0.4 is 0 Å². The Kier molecular flexibility index (Phi) is 6.95. The van der Waals surface area contributed by atoms with Crippen LogP contribution >= 0.6 is 0 Å². The van der Waals surface area contributed by atoms with E-state index in [2.05, 4.69) is 15.0 Å². The van der Waals surface area contributed by atoms with Crippen LogP contribution in [0.4, 0.5) is 37.7 Å². The van der Waals surface area contributed by atoms with Crippen molar-refractivity contribution in [3.05, 3.63) is 88.2 Å². The average molecular weight is 477 g/mol. The van der Waals surface area contributed by atoms with Crippen molar-refractivity contribution >= 4 is 22.8 Å². The molecule has 3 nitrogen and oxygen atoms in total. The first-order valence-corrected chi connectivity index (χ1v) is 10.2. The lowest BCUT2D eigenvalue weighted by atomic mass is 10.1. The highest BCUT2D eigenvalue weighted by molar-refractivity contribution is 6.02. The number of hydrogen-bond acceptors (Lipinski definition) is 3. The van der Waals surface area contributed by atoms with Gasteiger partial charge in [-0.25, -0.2) is 4.98 Å². The van der Waals surface area contributed by atoms with E-state index >= 15 is 0 Å². The van der Waals surface area contributed by atoms with Gasteiger partial charge in [-0.1, -0.05) is 30.3 Å². The molecule has 34 heavy (non-hydrogen) atoms. The lowest BCUT2D eigenvalue weighted by Gasteiger charge is -2.13. The molecule has 0 saturated carbocycles. The van der Waals surface area contributed by atoms with E-state index in [0.29, 0.717) is 11.1 Å². The van der Waals surface area contributed by atoms with E-state index in [1.165, 1.54) is 52.0 Å². The Bertz CT molecular complexity index is 1180. The summed E-state index contributed by atoms with van der Waals surface area (Å²) in [6, 6.07) is 12.3. The zero-order valence-electron chi connectivity index (χ0n) is 18.8. The number of alkyl halides is 6. The summed E-state index contributed by atoms with van der Waals surface area (Å²) in [6.07, 6.45) is -9.15. The Labute approximate surface area is 192 Å². The molecule has 0 N–H and O–H groups in total. The maximum absolute atomic E-state index is 13.4. The maximum atomic E-state index is 13.4. The molecule has 1 heterocycles. The van der Waals surface area contributed by atoms with Crippen LogP contribution in [0.1, 0.15) is 47.5 Å². The zero-order valence-corrected chi connectivity index (χ0v) is 18.8. The number of nitrogens with zero attached hydrogens (tertiary/aromatic N) is 3. The van der Waals surface area contributed by atoms with Gasteiger partial charge in [-0.2, -0.15) is 26.3 Å². The quantitative estimate of drug-likeness (QED) is 0.277. The van der Waals surface area contributed by atoms with Gasteiger partial charge >= 0.3 is 12.4 Å². The van der Waals surface area contributed by atoms with Gasteiger partial charge in [0.15, 0.2) is 0 Å². The minimum Gasteiger partial charge on any atom is -0.251 e. The zero-order chi connectivity index (χ0) is 25.3. The lowest BCUT2D eigenvalue weighted by Crippen LogP contribution is -2.09. The summed E-state index contributed by atoms with van der Waals surface area (Å²) in [7, 11) is 0. The van der Waals surface area contributed by atoms with Gasteiger partial charge in [0.05, 0.1) is 45.3 Å². The van der Waals surface area contributed by atoms with Gasteiger partial charge in [0.2, 0.25) is 0 Å². The van der Waals surface area contributed by atoms with Crippen LogP contribution in [0.25, 0.3) is 0 Å². The minimum atomic E-state index is -4.58.